The number of fused-ring (bicyclic) bond motifs is 7. The zero-order valence-electron chi connectivity index (χ0n) is 16.3. The zero-order valence-corrected chi connectivity index (χ0v) is 16.3. The highest BCUT2D eigenvalue weighted by Crippen LogP contribution is 2.43. The summed E-state index contributed by atoms with van der Waals surface area (Å²) in [6, 6.07) is 8.79. The number of aromatic nitrogens is 1. The maximum absolute atomic E-state index is 12.4. The number of nitrogens with zero attached hydrogens (tertiary/aromatic N) is 2. The van der Waals surface area contributed by atoms with Crippen LogP contribution in [0.3, 0.4) is 0 Å². The van der Waals surface area contributed by atoms with Crippen molar-refractivity contribution in [3.05, 3.63) is 53.1 Å². The van der Waals surface area contributed by atoms with Gasteiger partial charge in [-0.2, -0.15) is 0 Å². The molecule has 0 saturated carbocycles. The van der Waals surface area contributed by atoms with E-state index in [4.69, 9.17) is 0 Å². The molecule has 3 nitrogen and oxygen atoms in total. The molecule has 0 unspecified atom stereocenters. The molecule has 138 valence electrons. The molecule has 3 aromatic rings. The lowest BCUT2D eigenvalue weighted by Crippen LogP contribution is -2.15. The van der Waals surface area contributed by atoms with E-state index in [9.17, 15) is 4.79 Å². The second kappa shape index (κ2) is 6.07. The predicted octanol–water partition coefficient (Wildman–Crippen LogP) is 4.83. The van der Waals surface area contributed by atoms with Gasteiger partial charge in [0.05, 0.1) is 0 Å². The van der Waals surface area contributed by atoms with E-state index in [-0.39, 0.29) is 0 Å². The lowest BCUT2D eigenvalue weighted by molar-refractivity contribution is 0.0994. The van der Waals surface area contributed by atoms with Gasteiger partial charge in [-0.3, -0.25) is 4.79 Å². The highest BCUT2D eigenvalue weighted by atomic mass is 16.1. The molecule has 0 bridgehead atoms. The van der Waals surface area contributed by atoms with Crippen molar-refractivity contribution in [2.24, 2.45) is 0 Å². The van der Waals surface area contributed by atoms with E-state index >= 15 is 0 Å². The predicted molar refractivity (Wildman–Crippen MR) is 113 cm³/mol. The Bertz CT molecular complexity index is 1040. The Labute approximate surface area is 160 Å². The fraction of sp³-hybridized carbons (Fsp3) is 0.375. The van der Waals surface area contributed by atoms with Crippen LogP contribution < -0.4 is 0 Å². The monoisotopic (exact) mass is 358 g/mol. The Hall–Kier alpha value is -2.39. The minimum Gasteiger partial charge on any atom is -0.340 e. The molecule has 0 atom stereocenters. The van der Waals surface area contributed by atoms with Gasteiger partial charge in [0, 0.05) is 40.3 Å². The van der Waals surface area contributed by atoms with Crippen LogP contribution >= 0.6 is 0 Å². The second-order valence-corrected chi connectivity index (χ2v) is 8.31. The van der Waals surface area contributed by atoms with E-state index in [1.165, 1.54) is 44.1 Å². The summed E-state index contributed by atoms with van der Waals surface area (Å²) in [7, 11) is 4.26. The van der Waals surface area contributed by atoms with Gasteiger partial charge in [-0.1, -0.05) is 12.6 Å². The third kappa shape index (κ3) is 2.41. The molecule has 0 spiro atoms. The van der Waals surface area contributed by atoms with Crippen molar-refractivity contribution in [2.45, 2.75) is 38.6 Å². The summed E-state index contributed by atoms with van der Waals surface area (Å²) in [5.74, 6) is 0.303. The number of Topliss-reactive ketones (excluding diaryl/α,β-unsaturated/α-hetero) is 1. The normalized spacial score (nSPS) is 16.1. The molecule has 2 aliphatic carbocycles. The average molecular weight is 358 g/mol. The Morgan fingerprint density at radius 3 is 2.26 bits per heavy atom. The van der Waals surface area contributed by atoms with Crippen molar-refractivity contribution in [3.63, 3.8) is 0 Å². The van der Waals surface area contributed by atoms with Crippen LogP contribution in [-0.2, 0) is 19.4 Å². The maximum Gasteiger partial charge on any atom is 0.163 e. The maximum atomic E-state index is 12.4. The van der Waals surface area contributed by atoms with Crippen molar-refractivity contribution < 1.29 is 4.79 Å². The SMILES string of the molecule is C=C1CCc2c1ccc1c2c2c3c(ccc2n1CCCN(C)C)C(=O)CC3. The molecule has 1 aromatic heterocycles. The summed E-state index contributed by atoms with van der Waals surface area (Å²) in [5.41, 5.74) is 8.87. The quantitative estimate of drug-likeness (QED) is 0.667. The lowest BCUT2D eigenvalue weighted by atomic mass is 9.97. The molecule has 27 heavy (non-hydrogen) atoms. The first kappa shape index (κ1) is 16.8. The molecule has 2 aliphatic rings. The number of hydrogen-bond donors (Lipinski definition) is 0. The fourth-order valence-electron chi connectivity index (χ4n) is 5.09. The van der Waals surface area contributed by atoms with E-state index in [0.29, 0.717) is 12.2 Å². The number of carbonyl (C=O) groups is 1. The van der Waals surface area contributed by atoms with Crippen LogP contribution in [0.15, 0.2) is 30.8 Å². The summed E-state index contributed by atoms with van der Waals surface area (Å²) in [4.78, 5) is 14.6. The first-order valence-electron chi connectivity index (χ1n) is 10.0. The Morgan fingerprint density at radius 2 is 1.56 bits per heavy atom. The number of rotatable bonds is 4. The molecule has 0 N–H and O–H groups in total. The van der Waals surface area contributed by atoms with Crippen molar-refractivity contribution in [1.82, 2.24) is 9.47 Å². The molecule has 0 aliphatic heterocycles. The van der Waals surface area contributed by atoms with Gasteiger partial charge in [0.25, 0.3) is 0 Å². The highest BCUT2D eigenvalue weighted by Gasteiger charge is 2.27. The molecule has 0 saturated heterocycles. The molecule has 5 rings (SSSR count). The molecule has 0 fully saturated rings. The van der Waals surface area contributed by atoms with Gasteiger partial charge in [-0.15, -0.1) is 0 Å². The van der Waals surface area contributed by atoms with Gasteiger partial charge in [-0.05, 0) is 86.8 Å². The van der Waals surface area contributed by atoms with Crippen molar-refractivity contribution >= 4 is 33.2 Å². The lowest BCUT2D eigenvalue weighted by Gasteiger charge is -2.12. The van der Waals surface area contributed by atoms with Gasteiger partial charge in [-0.25, -0.2) is 0 Å². The molecule has 1 heterocycles. The van der Waals surface area contributed by atoms with Crippen LogP contribution in [0.1, 0.15) is 46.3 Å². The van der Waals surface area contributed by atoms with E-state index in [1.54, 1.807) is 0 Å². The van der Waals surface area contributed by atoms with Gasteiger partial charge in [0.2, 0.25) is 0 Å². The van der Waals surface area contributed by atoms with Gasteiger partial charge < -0.3 is 9.47 Å². The van der Waals surface area contributed by atoms with Crippen molar-refractivity contribution in [1.29, 1.82) is 0 Å². The molecule has 3 heteroatoms. The Balaban J connectivity index is 1.81. The largest absolute Gasteiger partial charge is 0.340 e. The summed E-state index contributed by atoms with van der Waals surface area (Å²) in [6.45, 7) is 6.36. The number of allylic oxidation sites excluding steroid dienone is 1. The number of benzene rings is 2. The van der Waals surface area contributed by atoms with E-state index in [2.05, 4.69) is 54.4 Å². The smallest absolute Gasteiger partial charge is 0.163 e. The van der Waals surface area contributed by atoms with Crippen LogP contribution in [0.25, 0.3) is 27.4 Å². The average Bonchev–Trinajstić information content (AvgIpc) is 3.30. The summed E-state index contributed by atoms with van der Waals surface area (Å²) >= 11 is 0. The third-order valence-corrected chi connectivity index (χ3v) is 6.36. The molecule has 2 aromatic carbocycles. The Kier molecular flexibility index (Phi) is 3.76. The molecular formula is C24H26N2O. The number of ketones is 1. The molecule has 0 radical (unpaired) electrons. The van der Waals surface area contributed by atoms with E-state index < -0.39 is 0 Å². The van der Waals surface area contributed by atoms with Gasteiger partial charge >= 0.3 is 0 Å². The van der Waals surface area contributed by atoms with Crippen LogP contribution in [-0.4, -0.2) is 35.9 Å². The Morgan fingerprint density at radius 1 is 0.926 bits per heavy atom. The minimum absolute atomic E-state index is 0.303. The number of hydrogen-bond acceptors (Lipinski definition) is 2. The molecule has 0 amide bonds. The third-order valence-electron chi connectivity index (χ3n) is 6.36. The van der Waals surface area contributed by atoms with Crippen molar-refractivity contribution in [2.75, 3.05) is 20.6 Å². The first-order valence-corrected chi connectivity index (χ1v) is 10.0. The molecular weight excluding hydrogens is 332 g/mol. The number of carbonyl (C=O) groups excluding carboxylic acids is 1. The van der Waals surface area contributed by atoms with Crippen LogP contribution in [0.5, 0.6) is 0 Å². The second-order valence-electron chi connectivity index (χ2n) is 8.31. The summed E-state index contributed by atoms with van der Waals surface area (Å²) < 4.78 is 2.48. The first-order chi connectivity index (χ1) is 13.1. The number of aryl methyl sites for hydroxylation is 3. The van der Waals surface area contributed by atoms with E-state index in [0.717, 1.165) is 44.3 Å². The van der Waals surface area contributed by atoms with Gasteiger partial charge in [0.1, 0.15) is 0 Å². The van der Waals surface area contributed by atoms with Crippen LogP contribution in [0.4, 0.5) is 0 Å². The van der Waals surface area contributed by atoms with Crippen LogP contribution in [0.2, 0.25) is 0 Å². The topological polar surface area (TPSA) is 25.2 Å². The van der Waals surface area contributed by atoms with E-state index in [1.807, 2.05) is 0 Å². The summed E-state index contributed by atoms with van der Waals surface area (Å²) in [6.07, 6.45) is 4.78. The summed E-state index contributed by atoms with van der Waals surface area (Å²) in [5, 5.41) is 2.72. The zero-order chi connectivity index (χ0) is 18.7. The van der Waals surface area contributed by atoms with Crippen molar-refractivity contribution in [3.8, 4) is 0 Å². The highest BCUT2D eigenvalue weighted by molar-refractivity contribution is 6.17. The van der Waals surface area contributed by atoms with Crippen LogP contribution in [0, 0.1) is 0 Å². The minimum atomic E-state index is 0.303. The standard InChI is InChI=1S/C24H26N2O/c1-15-5-6-18-16(15)7-10-20-23(18)24-19-9-12-22(27)17(19)8-11-21(24)26(20)14-4-13-25(2)3/h7-8,10-11H,1,4-6,9,12-14H2,2-3H3. The fourth-order valence-corrected chi connectivity index (χ4v) is 5.09. The van der Waals surface area contributed by atoms with Gasteiger partial charge in [0.15, 0.2) is 5.78 Å².